The van der Waals surface area contributed by atoms with E-state index in [2.05, 4.69) is 4.98 Å². The summed E-state index contributed by atoms with van der Waals surface area (Å²) in [7, 11) is 0. The van der Waals surface area contributed by atoms with Gasteiger partial charge in [0.15, 0.2) is 0 Å². The molecule has 0 unspecified atom stereocenters. The van der Waals surface area contributed by atoms with E-state index in [-0.39, 0.29) is 5.82 Å². The topological polar surface area (TPSA) is 42.1 Å². The number of hydrogen-bond acceptors (Lipinski definition) is 3. The van der Waals surface area contributed by atoms with Crippen molar-refractivity contribution in [2.24, 2.45) is 5.73 Å². The molecule has 1 heterocycles. The summed E-state index contributed by atoms with van der Waals surface area (Å²) < 4.78 is 13.8. The van der Waals surface area contributed by atoms with Crippen molar-refractivity contribution in [3.8, 4) is 0 Å². The van der Waals surface area contributed by atoms with Crippen molar-refractivity contribution in [3.63, 3.8) is 0 Å². The van der Waals surface area contributed by atoms with Crippen LogP contribution >= 0.6 is 0 Å². The van der Waals surface area contributed by atoms with Gasteiger partial charge in [-0.2, -0.15) is 0 Å². The van der Waals surface area contributed by atoms with E-state index in [0.717, 1.165) is 5.56 Å². The van der Waals surface area contributed by atoms with Gasteiger partial charge in [0.05, 0.1) is 5.69 Å². The zero-order chi connectivity index (χ0) is 12.8. The van der Waals surface area contributed by atoms with Gasteiger partial charge in [0.25, 0.3) is 0 Å². The van der Waals surface area contributed by atoms with Crippen molar-refractivity contribution in [2.45, 2.75) is 6.54 Å². The van der Waals surface area contributed by atoms with Crippen molar-refractivity contribution in [1.29, 1.82) is 0 Å². The summed E-state index contributed by atoms with van der Waals surface area (Å²) in [5.74, 6) is -0.227. The van der Waals surface area contributed by atoms with E-state index in [1.165, 1.54) is 6.07 Å². The van der Waals surface area contributed by atoms with Gasteiger partial charge in [-0.15, -0.1) is 0 Å². The second-order valence-electron chi connectivity index (χ2n) is 4.02. The predicted octanol–water partition coefficient (Wildman–Crippen LogP) is 2.19. The molecule has 2 rings (SSSR count). The summed E-state index contributed by atoms with van der Waals surface area (Å²) in [6, 6.07) is 10.6. The molecule has 0 saturated heterocycles. The molecule has 0 aliphatic carbocycles. The molecular weight excluding hydrogens is 229 g/mol. The summed E-state index contributed by atoms with van der Waals surface area (Å²) in [5, 5.41) is 0. The lowest BCUT2D eigenvalue weighted by atomic mass is 10.2. The minimum absolute atomic E-state index is 0.227. The van der Waals surface area contributed by atoms with Gasteiger partial charge in [0.2, 0.25) is 0 Å². The molecule has 2 aromatic rings. The SMILES string of the molecule is NCCN(Cc1cccnc1)c1ccccc1F. The Bertz CT molecular complexity index is 487. The summed E-state index contributed by atoms with van der Waals surface area (Å²) in [4.78, 5) is 5.99. The fourth-order valence-electron chi connectivity index (χ4n) is 1.86. The average molecular weight is 245 g/mol. The number of nitrogens with two attached hydrogens (primary N) is 1. The Balaban J connectivity index is 2.21. The van der Waals surface area contributed by atoms with Crippen LogP contribution in [-0.2, 0) is 6.54 Å². The normalized spacial score (nSPS) is 10.3. The summed E-state index contributed by atoms with van der Waals surface area (Å²) >= 11 is 0. The molecule has 1 aromatic carbocycles. The molecule has 1 aromatic heterocycles. The largest absolute Gasteiger partial charge is 0.364 e. The van der Waals surface area contributed by atoms with Crippen LogP contribution < -0.4 is 10.6 Å². The Kier molecular flexibility index (Phi) is 4.25. The minimum atomic E-state index is -0.227. The molecule has 0 aliphatic rings. The maximum absolute atomic E-state index is 13.8. The molecule has 3 nitrogen and oxygen atoms in total. The highest BCUT2D eigenvalue weighted by atomic mass is 19.1. The molecule has 0 amide bonds. The third kappa shape index (κ3) is 3.05. The van der Waals surface area contributed by atoms with Gasteiger partial charge in [-0.1, -0.05) is 18.2 Å². The second-order valence-corrected chi connectivity index (χ2v) is 4.02. The smallest absolute Gasteiger partial charge is 0.146 e. The number of rotatable bonds is 5. The van der Waals surface area contributed by atoms with Gasteiger partial charge in [-0.3, -0.25) is 4.98 Å². The molecule has 18 heavy (non-hydrogen) atoms. The summed E-state index contributed by atoms with van der Waals surface area (Å²) in [6.07, 6.45) is 3.50. The molecule has 94 valence electrons. The monoisotopic (exact) mass is 245 g/mol. The van der Waals surface area contributed by atoms with Crippen LogP contribution in [0.5, 0.6) is 0 Å². The predicted molar refractivity (Wildman–Crippen MR) is 70.7 cm³/mol. The van der Waals surface area contributed by atoms with E-state index in [1.807, 2.05) is 23.1 Å². The molecule has 0 spiro atoms. The second kappa shape index (κ2) is 6.12. The third-order valence-corrected chi connectivity index (χ3v) is 2.69. The van der Waals surface area contributed by atoms with Crippen molar-refractivity contribution in [3.05, 3.63) is 60.2 Å². The maximum atomic E-state index is 13.8. The van der Waals surface area contributed by atoms with Crippen LogP contribution in [0, 0.1) is 5.82 Å². The van der Waals surface area contributed by atoms with Gasteiger partial charge in [-0.05, 0) is 23.8 Å². The Hall–Kier alpha value is -1.94. The van der Waals surface area contributed by atoms with Gasteiger partial charge in [-0.25, -0.2) is 4.39 Å². The molecule has 2 N–H and O–H groups in total. The van der Waals surface area contributed by atoms with Gasteiger partial charge >= 0.3 is 0 Å². The lowest BCUT2D eigenvalue weighted by Crippen LogP contribution is -2.29. The van der Waals surface area contributed by atoms with Gasteiger partial charge in [0, 0.05) is 32.0 Å². The zero-order valence-corrected chi connectivity index (χ0v) is 10.1. The van der Waals surface area contributed by atoms with E-state index in [4.69, 9.17) is 5.73 Å². The number of anilines is 1. The van der Waals surface area contributed by atoms with Gasteiger partial charge in [0.1, 0.15) is 5.82 Å². The van der Waals surface area contributed by atoms with Crippen molar-refractivity contribution in [2.75, 3.05) is 18.0 Å². The van der Waals surface area contributed by atoms with E-state index in [1.54, 1.807) is 24.5 Å². The average Bonchev–Trinajstić information content (AvgIpc) is 2.40. The molecule has 0 fully saturated rings. The molecule has 0 bridgehead atoms. The van der Waals surface area contributed by atoms with Crippen LogP contribution in [0.1, 0.15) is 5.56 Å². The number of halogens is 1. The maximum Gasteiger partial charge on any atom is 0.146 e. The Labute approximate surface area is 106 Å². The van der Waals surface area contributed by atoms with Gasteiger partial charge < -0.3 is 10.6 Å². The van der Waals surface area contributed by atoms with Crippen LogP contribution in [0.15, 0.2) is 48.8 Å². The van der Waals surface area contributed by atoms with Crippen LogP contribution in [0.2, 0.25) is 0 Å². The first-order valence-electron chi connectivity index (χ1n) is 5.89. The number of nitrogens with zero attached hydrogens (tertiary/aromatic N) is 2. The number of hydrogen-bond donors (Lipinski definition) is 1. The number of pyridine rings is 1. The van der Waals surface area contributed by atoms with Crippen molar-refractivity contribution >= 4 is 5.69 Å². The first-order valence-corrected chi connectivity index (χ1v) is 5.89. The number of aromatic nitrogens is 1. The van der Waals surface area contributed by atoms with Crippen molar-refractivity contribution in [1.82, 2.24) is 4.98 Å². The van der Waals surface area contributed by atoms with E-state index in [9.17, 15) is 4.39 Å². The molecule has 0 aliphatic heterocycles. The van der Waals surface area contributed by atoms with Crippen LogP contribution in [0.25, 0.3) is 0 Å². The van der Waals surface area contributed by atoms with Crippen LogP contribution in [0.4, 0.5) is 10.1 Å². The highest BCUT2D eigenvalue weighted by Crippen LogP contribution is 2.20. The lowest BCUT2D eigenvalue weighted by molar-refractivity contribution is 0.616. The number of para-hydroxylation sites is 1. The molecule has 0 saturated carbocycles. The fraction of sp³-hybridized carbons (Fsp3) is 0.214. The molecule has 4 heteroatoms. The van der Waals surface area contributed by atoms with E-state index < -0.39 is 0 Å². The first-order chi connectivity index (χ1) is 8.81. The minimum Gasteiger partial charge on any atom is -0.364 e. The molecule has 0 radical (unpaired) electrons. The molecule has 0 atom stereocenters. The Morgan fingerprint density at radius 2 is 2.00 bits per heavy atom. The summed E-state index contributed by atoms with van der Waals surface area (Å²) in [5.41, 5.74) is 7.20. The highest BCUT2D eigenvalue weighted by Gasteiger charge is 2.10. The number of benzene rings is 1. The quantitative estimate of drug-likeness (QED) is 0.878. The van der Waals surface area contributed by atoms with Crippen LogP contribution in [0.3, 0.4) is 0 Å². The first kappa shape index (κ1) is 12.5. The van der Waals surface area contributed by atoms with E-state index in [0.29, 0.717) is 25.3 Å². The van der Waals surface area contributed by atoms with E-state index >= 15 is 0 Å². The Morgan fingerprint density at radius 1 is 1.17 bits per heavy atom. The fourth-order valence-corrected chi connectivity index (χ4v) is 1.86. The zero-order valence-electron chi connectivity index (χ0n) is 10.1. The standard InChI is InChI=1S/C14H16FN3/c15-13-5-1-2-6-14(13)18(9-7-16)11-12-4-3-8-17-10-12/h1-6,8,10H,7,9,11,16H2. The third-order valence-electron chi connectivity index (χ3n) is 2.69. The summed E-state index contributed by atoms with van der Waals surface area (Å²) in [6.45, 7) is 1.69. The lowest BCUT2D eigenvalue weighted by Gasteiger charge is -2.24. The Morgan fingerprint density at radius 3 is 2.67 bits per heavy atom. The molecular formula is C14H16FN3. The van der Waals surface area contributed by atoms with Crippen molar-refractivity contribution < 1.29 is 4.39 Å². The van der Waals surface area contributed by atoms with Crippen LogP contribution in [-0.4, -0.2) is 18.1 Å². The highest BCUT2D eigenvalue weighted by molar-refractivity contribution is 5.48.